The lowest BCUT2D eigenvalue weighted by atomic mass is 10.1. The van der Waals surface area contributed by atoms with Crippen molar-refractivity contribution < 1.29 is 18.0 Å². The topological polar surface area (TPSA) is 59.3 Å². The summed E-state index contributed by atoms with van der Waals surface area (Å²) in [5.41, 5.74) is 4.04. The van der Waals surface area contributed by atoms with Gasteiger partial charge in [-0.2, -0.15) is 18.3 Å². The Kier molecular flexibility index (Phi) is 5.40. The van der Waals surface area contributed by atoms with Crippen molar-refractivity contribution in [3.8, 4) is 0 Å². The Morgan fingerprint density at radius 1 is 1.18 bits per heavy atom. The van der Waals surface area contributed by atoms with Crippen LogP contribution in [-0.4, -0.2) is 20.5 Å². The fraction of sp³-hybridized carbons (Fsp3) is 0.350. The molecule has 2 heterocycles. The third-order valence-electron chi connectivity index (χ3n) is 4.63. The van der Waals surface area contributed by atoms with Gasteiger partial charge in [-0.15, -0.1) is 0 Å². The minimum absolute atomic E-state index is 0.0519. The van der Waals surface area contributed by atoms with Gasteiger partial charge in [0.15, 0.2) is 5.65 Å². The van der Waals surface area contributed by atoms with E-state index in [9.17, 15) is 18.0 Å². The molecule has 148 valence electrons. The fourth-order valence-corrected chi connectivity index (χ4v) is 3.19. The molecule has 8 heteroatoms. The van der Waals surface area contributed by atoms with Crippen LogP contribution in [0.5, 0.6) is 0 Å². The summed E-state index contributed by atoms with van der Waals surface area (Å²) >= 11 is 0. The second-order valence-corrected chi connectivity index (χ2v) is 6.79. The standard InChI is InChI=1S/C20H21F3N4O/c1-12-9-18-25-13(2)17(14(3)27(18)26-12)7-8-19(28)24-11-15-5-4-6-16(10-15)20(21,22)23/h4-6,9-10H,7-8,11H2,1-3H3,(H,24,28). The lowest BCUT2D eigenvalue weighted by Gasteiger charge is -2.12. The molecule has 0 aliphatic carbocycles. The van der Waals surface area contributed by atoms with Gasteiger partial charge in [0.25, 0.3) is 0 Å². The summed E-state index contributed by atoms with van der Waals surface area (Å²) in [5, 5.41) is 7.09. The first-order valence-corrected chi connectivity index (χ1v) is 8.90. The van der Waals surface area contributed by atoms with Crippen LogP contribution in [0, 0.1) is 20.8 Å². The zero-order chi connectivity index (χ0) is 20.5. The first-order chi connectivity index (χ1) is 13.1. The number of hydrogen-bond acceptors (Lipinski definition) is 3. The van der Waals surface area contributed by atoms with E-state index in [0.717, 1.165) is 40.4 Å². The smallest absolute Gasteiger partial charge is 0.352 e. The maximum atomic E-state index is 12.8. The lowest BCUT2D eigenvalue weighted by Crippen LogP contribution is -2.23. The zero-order valence-electron chi connectivity index (χ0n) is 15.9. The molecule has 1 amide bonds. The van der Waals surface area contributed by atoms with Gasteiger partial charge in [-0.25, -0.2) is 9.50 Å². The Bertz CT molecular complexity index is 1020. The number of carbonyl (C=O) groups is 1. The SMILES string of the molecule is Cc1cc2nc(C)c(CCC(=O)NCc3cccc(C(F)(F)F)c3)c(C)n2n1. The van der Waals surface area contributed by atoms with E-state index in [-0.39, 0.29) is 18.9 Å². The number of nitrogens with zero attached hydrogens (tertiary/aromatic N) is 3. The molecule has 0 aliphatic heterocycles. The van der Waals surface area contributed by atoms with Crippen LogP contribution in [0.15, 0.2) is 30.3 Å². The van der Waals surface area contributed by atoms with Gasteiger partial charge in [-0.1, -0.05) is 12.1 Å². The van der Waals surface area contributed by atoms with Gasteiger partial charge in [0.1, 0.15) is 0 Å². The van der Waals surface area contributed by atoms with E-state index in [1.54, 1.807) is 10.6 Å². The number of aryl methyl sites for hydroxylation is 3. The maximum absolute atomic E-state index is 12.8. The quantitative estimate of drug-likeness (QED) is 0.718. The largest absolute Gasteiger partial charge is 0.416 e. The normalized spacial score (nSPS) is 11.8. The van der Waals surface area contributed by atoms with E-state index >= 15 is 0 Å². The molecule has 0 radical (unpaired) electrons. The van der Waals surface area contributed by atoms with Gasteiger partial charge in [-0.3, -0.25) is 4.79 Å². The predicted octanol–water partition coefficient (Wildman–Crippen LogP) is 3.92. The Labute approximate surface area is 160 Å². The summed E-state index contributed by atoms with van der Waals surface area (Å²) in [6.07, 6.45) is -3.70. The summed E-state index contributed by atoms with van der Waals surface area (Å²) in [6, 6.07) is 6.85. The minimum Gasteiger partial charge on any atom is -0.352 e. The number of nitrogens with one attached hydrogen (secondary N) is 1. The van der Waals surface area contributed by atoms with E-state index in [0.29, 0.717) is 12.0 Å². The van der Waals surface area contributed by atoms with Gasteiger partial charge in [-0.05, 0) is 50.5 Å². The molecule has 3 aromatic rings. The molecule has 0 aliphatic rings. The van der Waals surface area contributed by atoms with Gasteiger partial charge < -0.3 is 5.32 Å². The highest BCUT2D eigenvalue weighted by Gasteiger charge is 2.30. The molecule has 0 saturated heterocycles. The number of aromatic nitrogens is 3. The van der Waals surface area contributed by atoms with Crippen LogP contribution in [0.25, 0.3) is 5.65 Å². The Morgan fingerprint density at radius 3 is 2.64 bits per heavy atom. The fourth-order valence-electron chi connectivity index (χ4n) is 3.19. The van der Waals surface area contributed by atoms with Crippen molar-refractivity contribution in [2.45, 2.75) is 46.3 Å². The maximum Gasteiger partial charge on any atom is 0.416 e. The molecule has 0 saturated carbocycles. The van der Waals surface area contributed by atoms with E-state index in [1.807, 2.05) is 26.8 Å². The molecule has 2 aromatic heterocycles. The third kappa shape index (κ3) is 4.32. The van der Waals surface area contributed by atoms with Crippen molar-refractivity contribution in [2.75, 3.05) is 0 Å². The molecule has 1 N–H and O–H groups in total. The van der Waals surface area contributed by atoms with Gasteiger partial charge >= 0.3 is 6.18 Å². The van der Waals surface area contributed by atoms with Crippen molar-refractivity contribution in [3.63, 3.8) is 0 Å². The molecule has 1 aromatic carbocycles. The van der Waals surface area contributed by atoms with Crippen molar-refractivity contribution in [1.29, 1.82) is 0 Å². The van der Waals surface area contributed by atoms with Crippen LogP contribution in [0.4, 0.5) is 13.2 Å². The van der Waals surface area contributed by atoms with Crippen LogP contribution in [0.3, 0.4) is 0 Å². The number of amides is 1. The highest BCUT2D eigenvalue weighted by Crippen LogP contribution is 2.29. The Balaban J connectivity index is 1.63. The van der Waals surface area contributed by atoms with Gasteiger partial charge in [0.05, 0.1) is 11.3 Å². The summed E-state index contributed by atoms with van der Waals surface area (Å²) in [6.45, 7) is 5.77. The minimum atomic E-state index is -4.40. The second-order valence-electron chi connectivity index (χ2n) is 6.79. The summed E-state index contributed by atoms with van der Waals surface area (Å²) < 4.78 is 40.1. The number of hydrogen-bond donors (Lipinski definition) is 1. The van der Waals surface area contributed by atoms with Gasteiger partial charge in [0.2, 0.25) is 5.91 Å². The number of carbonyl (C=O) groups excluding carboxylic acids is 1. The summed E-state index contributed by atoms with van der Waals surface area (Å²) in [7, 11) is 0. The molecule has 0 fully saturated rings. The van der Waals surface area contributed by atoms with Crippen molar-refractivity contribution in [3.05, 3.63) is 64.1 Å². The first-order valence-electron chi connectivity index (χ1n) is 8.90. The molecule has 0 spiro atoms. The molecule has 0 bridgehead atoms. The second kappa shape index (κ2) is 7.61. The van der Waals surface area contributed by atoms with Crippen LogP contribution in [0.1, 0.15) is 40.2 Å². The van der Waals surface area contributed by atoms with E-state index in [2.05, 4.69) is 15.4 Å². The summed E-state index contributed by atoms with van der Waals surface area (Å²) in [5.74, 6) is -0.229. The molecule has 5 nitrogen and oxygen atoms in total. The lowest BCUT2D eigenvalue weighted by molar-refractivity contribution is -0.137. The van der Waals surface area contributed by atoms with Crippen LogP contribution in [0.2, 0.25) is 0 Å². The number of fused-ring (bicyclic) bond motifs is 1. The molecule has 3 rings (SSSR count). The number of alkyl halides is 3. The predicted molar refractivity (Wildman–Crippen MR) is 98.8 cm³/mol. The van der Waals surface area contributed by atoms with E-state index in [4.69, 9.17) is 0 Å². The molecule has 0 atom stereocenters. The highest BCUT2D eigenvalue weighted by atomic mass is 19.4. The number of halogens is 3. The van der Waals surface area contributed by atoms with Crippen molar-refractivity contribution >= 4 is 11.6 Å². The Morgan fingerprint density at radius 2 is 1.93 bits per heavy atom. The average molecular weight is 390 g/mol. The number of benzene rings is 1. The van der Waals surface area contributed by atoms with Crippen LogP contribution in [-0.2, 0) is 23.9 Å². The highest BCUT2D eigenvalue weighted by molar-refractivity contribution is 5.76. The first kappa shape index (κ1) is 19.9. The Hall–Kier alpha value is -2.90. The van der Waals surface area contributed by atoms with E-state index in [1.165, 1.54) is 6.07 Å². The third-order valence-corrected chi connectivity index (χ3v) is 4.63. The van der Waals surface area contributed by atoms with Crippen molar-refractivity contribution in [1.82, 2.24) is 19.9 Å². The van der Waals surface area contributed by atoms with Crippen LogP contribution < -0.4 is 5.32 Å². The molecular weight excluding hydrogens is 369 g/mol. The van der Waals surface area contributed by atoms with Gasteiger partial charge in [0, 0.05) is 30.4 Å². The molecule has 28 heavy (non-hydrogen) atoms. The monoisotopic (exact) mass is 390 g/mol. The van der Waals surface area contributed by atoms with E-state index < -0.39 is 11.7 Å². The molecular formula is C20H21F3N4O. The average Bonchev–Trinajstić information content (AvgIpc) is 2.99. The zero-order valence-corrected chi connectivity index (χ0v) is 15.9. The molecule has 0 unspecified atom stereocenters. The van der Waals surface area contributed by atoms with Crippen molar-refractivity contribution in [2.24, 2.45) is 0 Å². The summed E-state index contributed by atoms with van der Waals surface area (Å²) in [4.78, 5) is 16.7. The number of rotatable bonds is 5. The van der Waals surface area contributed by atoms with Crippen LogP contribution >= 0.6 is 0 Å².